The van der Waals surface area contributed by atoms with Crippen molar-refractivity contribution < 1.29 is 19.5 Å². The van der Waals surface area contributed by atoms with Crippen LogP contribution >= 0.6 is 0 Å². The van der Waals surface area contributed by atoms with Crippen LogP contribution in [0, 0.1) is 6.92 Å². The summed E-state index contributed by atoms with van der Waals surface area (Å²) in [5.41, 5.74) is 6.77. The second kappa shape index (κ2) is 14.7. The van der Waals surface area contributed by atoms with Gasteiger partial charge in [-0.15, -0.1) is 0 Å². The Morgan fingerprint density at radius 3 is 2.42 bits per heavy atom. The summed E-state index contributed by atoms with van der Waals surface area (Å²) in [5.74, 6) is 0.338. The normalized spacial score (nSPS) is 22.0. The molecule has 2 aromatic heterocycles. The van der Waals surface area contributed by atoms with Crippen LogP contribution < -0.4 is 15.5 Å². The molecule has 3 aliphatic heterocycles. The molecule has 2 unspecified atom stereocenters. The molecule has 2 saturated heterocycles. The molecule has 290 valence electrons. The molecule has 12 heteroatoms. The van der Waals surface area contributed by atoms with E-state index < -0.39 is 11.5 Å². The molecule has 1 saturated carbocycles. The number of piperidine rings is 2. The van der Waals surface area contributed by atoms with Crippen molar-refractivity contribution in [2.24, 2.45) is 0 Å². The van der Waals surface area contributed by atoms with Crippen molar-refractivity contribution in [3.8, 4) is 11.3 Å². The van der Waals surface area contributed by atoms with Crippen molar-refractivity contribution in [3.05, 3.63) is 65.5 Å². The molecule has 3 amide bonds. The molecule has 1 aliphatic carbocycles. The topological polar surface area (TPSA) is 136 Å². The molecule has 0 bridgehead atoms. The van der Waals surface area contributed by atoms with E-state index in [4.69, 9.17) is 9.97 Å². The van der Waals surface area contributed by atoms with E-state index in [9.17, 15) is 19.5 Å². The van der Waals surface area contributed by atoms with Gasteiger partial charge in [0.2, 0.25) is 5.91 Å². The van der Waals surface area contributed by atoms with Crippen LogP contribution in [0.5, 0.6) is 0 Å². The number of aliphatic hydroxyl groups is 1. The van der Waals surface area contributed by atoms with Crippen LogP contribution in [0.3, 0.4) is 0 Å². The number of aryl methyl sites for hydroxylation is 1. The number of nitrogens with zero attached hydrogens (tertiary/aromatic N) is 6. The molecule has 5 heterocycles. The number of amides is 3. The highest BCUT2D eigenvalue weighted by Gasteiger charge is 2.56. The number of anilines is 3. The van der Waals surface area contributed by atoms with E-state index in [1.54, 1.807) is 11.9 Å². The molecule has 3 N–H and O–H groups in total. The molecule has 55 heavy (non-hydrogen) atoms. The fourth-order valence-corrected chi connectivity index (χ4v) is 9.36. The largest absolute Gasteiger partial charge is 0.384 e. The van der Waals surface area contributed by atoms with Gasteiger partial charge in [0.15, 0.2) is 5.82 Å². The zero-order valence-electron chi connectivity index (χ0n) is 32.8. The first-order valence-corrected chi connectivity index (χ1v) is 20.2. The standard InChI is InChI=1S/C43H54N8O4/c1-6-27(3)50-25-45-36-24-35(47-39(38(36)50)46-30-12-10-26(2)33(21-30)40(53)44-5)29-11-13-34-37(20-29)51(32-22-31(23-32)48-16-8-7-9-17-48)42(55)43(34)14-18-49(19-15-43)41(54)28(4)52/h10-13,20-21,24-25,27-28,31-32,52H,6-9,14-19,22-23H2,1-5H3,(H,44,53)(H,46,47). The summed E-state index contributed by atoms with van der Waals surface area (Å²) < 4.78 is 2.15. The summed E-state index contributed by atoms with van der Waals surface area (Å²) >= 11 is 0. The first-order chi connectivity index (χ1) is 26.5. The van der Waals surface area contributed by atoms with E-state index in [1.165, 1.54) is 26.2 Å². The second-order valence-corrected chi connectivity index (χ2v) is 16.2. The van der Waals surface area contributed by atoms with E-state index in [0.29, 0.717) is 43.4 Å². The van der Waals surface area contributed by atoms with E-state index in [2.05, 4.69) is 57.0 Å². The lowest BCUT2D eigenvalue weighted by Crippen LogP contribution is -2.58. The highest BCUT2D eigenvalue weighted by molar-refractivity contribution is 6.09. The van der Waals surface area contributed by atoms with Crippen LogP contribution in [0.25, 0.3) is 22.3 Å². The van der Waals surface area contributed by atoms with Crippen molar-refractivity contribution in [3.63, 3.8) is 0 Å². The third kappa shape index (κ3) is 6.46. The second-order valence-electron chi connectivity index (χ2n) is 16.2. The number of carbonyl (C=O) groups is 3. The van der Waals surface area contributed by atoms with Crippen LogP contribution in [-0.2, 0) is 15.0 Å². The van der Waals surface area contributed by atoms with Crippen molar-refractivity contribution in [2.45, 2.75) is 109 Å². The third-order valence-corrected chi connectivity index (χ3v) is 12.9. The van der Waals surface area contributed by atoms with Gasteiger partial charge in [-0.25, -0.2) is 9.97 Å². The van der Waals surface area contributed by atoms with Crippen LogP contribution in [0.2, 0.25) is 0 Å². The van der Waals surface area contributed by atoms with Crippen molar-refractivity contribution in [1.82, 2.24) is 29.7 Å². The number of aromatic nitrogens is 3. The van der Waals surface area contributed by atoms with Gasteiger partial charge >= 0.3 is 0 Å². The maximum Gasteiger partial charge on any atom is 0.251 e. The molecule has 2 atom stereocenters. The van der Waals surface area contributed by atoms with Crippen molar-refractivity contribution >= 4 is 45.9 Å². The summed E-state index contributed by atoms with van der Waals surface area (Å²) in [6.07, 6.45) is 8.46. The Morgan fingerprint density at radius 2 is 1.73 bits per heavy atom. The van der Waals surface area contributed by atoms with Gasteiger partial charge in [0.1, 0.15) is 11.6 Å². The number of hydrogen-bond donors (Lipinski definition) is 3. The molecule has 4 aliphatic rings. The monoisotopic (exact) mass is 746 g/mol. The SMILES string of the molecule is CCC(C)n1cnc2cc(-c3ccc4c(c3)N(C3CC(N5CCCCC5)C3)C(=O)C43CCN(C(=O)C(C)O)CC3)nc(Nc3ccc(C)c(C(=O)NC)c3)c21. The summed E-state index contributed by atoms with van der Waals surface area (Å²) in [6, 6.07) is 14.9. The first kappa shape index (κ1) is 37.1. The molecular formula is C43H54N8O4. The Bertz CT molecular complexity index is 2120. The van der Waals surface area contributed by atoms with Gasteiger partial charge < -0.3 is 35.0 Å². The quantitative estimate of drug-likeness (QED) is 0.188. The lowest BCUT2D eigenvalue weighted by atomic mass is 9.73. The van der Waals surface area contributed by atoms with Gasteiger partial charge in [-0.3, -0.25) is 14.4 Å². The van der Waals surface area contributed by atoms with Crippen molar-refractivity contribution in [1.29, 1.82) is 0 Å². The molecule has 8 rings (SSSR count). The van der Waals surface area contributed by atoms with Gasteiger partial charge in [0.05, 0.1) is 23.0 Å². The fraction of sp³-hybridized carbons (Fsp3) is 0.512. The Kier molecular flexibility index (Phi) is 9.92. The van der Waals surface area contributed by atoms with Crippen LogP contribution in [0.1, 0.15) is 99.7 Å². The number of hydrogen-bond acceptors (Lipinski definition) is 8. The molecule has 12 nitrogen and oxygen atoms in total. The summed E-state index contributed by atoms with van der Waals surface area (Å²) in [5, 5.41) is 16.3. The van der Waals surface area contributed by atoms with E-state index in [0.717, 1.165) is 77.1 Å². The lowest BCUT2D eigenvalue weighted by Gasteiger charge is -2.48. The Hall–Kier alpha value is -4.81. The Morgan fingerprint density at radius 1 is 0.982 bits per heavy atom. The highest BCUT2D eigenvalue weighted by atomic mass is 16.3. The van der Waals surface area contributed by atoms with Crippen LogP contribution in [0.4, 0.5) is 17.2 Å². The van der Waals surface area contributed by atoms with E-state index >= 15 is 0 Å². The smallest absolute Gasteiger partial charge is 0.251 e. The number of aliphatic hydroxyl groups excluding tert-OH is 1. The molecule has 2 aromatic carbocycles. The van der Waals surface area contributed by atoms with Crippen LogP contribution in [0.15, 0.2) is 48.8 Å². The van der Waals surface area contributed by atoms with Gasteiger partial charge in [-0.1, -0.05) is 31.5 Å². The number of rotatable bonds is 9. The lowest BCUT2D eigenvalue weighted by molar-refractivity contribution is -0.142. The first-order valence-electron chi connectivity index (χ1n) is 20.2. The number of nitrogens with one attached hydrogen (secondary N) is 2. The summed E-state index contributed by atoms with van der Waals surface area (Å²) in [6.45, 7) is 10.9. The number of pyridine rings is 1. The minimum atomic E-state index is -1.06. The average Bonchev–Trinajstić information content (AvgIpc) is 3.72. The fourth-order valence-electron chi connectivity index (χ4n) is 9.36. The number of benzene rings is 2. The van der Waals surface area contributed by atoms with Crippen molar-refractivity contribution in [2.75, 3.05) is 43.4 Å². The molecular weight excluding hydrogens is 693 g/mol. The molecule has 0 radical (unpaired) electrons. The summed E-state index contributed by atoms with van der Waals surface area (Å²) in [4.78, 5) is 56.8. The Labute approximate surface area is 323 Å². The predicted molar refractivity (Wildman–Crippen MR) is 215 cm³/mol. The number of fused-ring (bicyclic) bond motifs is 3. The maximum absolute atomic E-state index is 14.9. The number of likely N-dealkylation sites (tertiary alicyclic amines) is 2. The summed E-state index contributed by atoms with van der Waals surface area (Å²) in [7, 11) is 1.63. The van der Waals surface area contributed by atoms with Crippen LogP contribution in [-0.4, -0.2) is 98.6 Å². The zero-order chi connectivity index (χ0) is 38.6. The minimum absolute atomic E-state index is 0.111. The van der Waals surface area contributed by atoms with Gasteiger partial charge in [0, 0.05) is 60.8 Å². The maximum atomic E-state index is 14.9. The zero-order valence-corrected chi connectivity index (χ0v) is 32.8. The van der Waals surface area contributed by atoms with Gasteiger partial charge in [0.25, 0.3) is 11.8 Å². The van der Waals surface area contributed by atoms with E-state index in [-0.39, 0.29) is 29.8 Å². The van der Waals surface area contributed by atoms with E-state index in [1.807, 2.05) is 37.5 Å². The highest BCUT2D eigenvalue weighted by Crippen LogP contribution is 2.52. The molecule has 4 aromatic rings. The third-order valence-electron chi connectivity index (χ3n) is 12.9. The van der Waals surface area contributed by atoms with Gasteiger partial charge in [-0.2, -0.15) is 0 Å². The predicted octanol–water partition coefficient (Wildman–Crippen LogP) is 6.09. The minimum Gasteiger partial charge on any atom is -0.384 e. The number of imidazole rings is 1. The number of carbonyl (C=O) groups excluding carboxylic acids is 3. The average molecular weight is 747 g/mol. The van der Waals surface area contributed by atoms with Gasteiger partial charge in [-0.05, 0) is 114 Å². The molecule has 1 spiro atoms. The molecule has 3 fully saturated rings. The Balaban J connectivity index is 1.19.